The third-order valence-corrected chi connectivity index (χ3v) is 5.66. The Kier molecular flexibility index (Phi) is 5.69. The van der Waals surface area contributed by atoms with Crippen LogP contribution in [0.25, 0.3) is 5.65 Å². The van der Waals surface area contributed by atoms with Crippen LogP contribution < -0.4 is 4.74 Å². The molecule has 5 rings (SSSR count). The van der Waals surface area contributed by atoms with Gasteiger partial charge in [0.2, 0.25) is 5.88 Å². The van der Waals surface area contributed by atoms with E-state index in [1.54, 1.807) is 18.4 Å². The van der Waals surface area contributed by atoms with Crippen molar-refractivity contribution in [2.24, 2.45) is 0 Å². The molecule has 0 saturated heterocycles. The summed E-state index contributed by atoms with van der Waals surface area (Å²) in [6.07, 6.45) is 4.45. The minimum Gasteiger partial charge on any atom is -0.463 e. The van der Waals surface area contributed by atoms with E-state index in [-0.39, 0.29) is 12.3 Å². The van der Waals surface area contributed by atoms with Gasteiger partial charge in [-0.2, -0.15) is 5.10 Å². The van der Waals surface area contributed by atoms with E-state index in [0.29, 0.717) is 47.2 Å². The Balaban J connectivity index is 1.56. The fourth-order valence-corrected chi connectivity index (χ4v) is 4.12. The van der Waals surface area contributed by atoms with Gasteiger partial charge in [0.1, 0.15) is 24.5 Å². The number of hydrogen-bond donors (Lipinski definition) is 0. The number of carbonyl (C=O) groups excluding carboxylic acids is 1. The third-order valence-electron chi connectivity index (χ3n) is 5.66. The van der Waals surface area contributed by atoms with Crippen molar-refractivity contribution in [3.05, 3.63) is 87.5 Å². The maximum Gasteiger partial charge on any atom is 0.338 e. The first-order chi connectivity index (χ1) is 17.0. The quantitative estimate of drug-likeness (QED) is 0.224. The van der Waals surface area contributed by atoms with Crippen molar-refractivity contribution in [1.29, 1.82) is 0 Å². The molecule has 35 heavy (non-hydrogen) atoms. The molecule has 178 valence electrons. The van der Waals surface area contributed by atoms with Gasteiger partial charge in [0.15, 0.2) is 11.5 Å². The molecule has 0 N–H and O–H groups in total. The van der Waals surface area contributed by atoms with Gasteiger partial charge in [-0.3, -0.25) is 14.8 Å². The molecule has 4 aromatic rings. The molecule has 12 heteroatoms. The molecule has 0 fully saturated rings. The van der Waals surface area contributed by atoms with Crippen molar-refractivity contribution in [2.45, 2.75) is 32.7 Å². The summed E-state index contributed by atoms with van der Waals surface area (Å²) in [5.74, 6) is 0.280. The van der Waals surface area contributed by atoms with Crippen molar-refractivity contribution in [3.8, 4) is 5.88 Å². The number of allylic oxidation sites excluding steroid dienone is 1. The SMILES string of the molecule is CCOC(=O)C1=C(C)Oc2ncn3nc(CCn4cc([N+](=O)[O-])cn4)nc3c2C1c1ccccc1. The van der Waals surface area contributed by atoms with Crippen LogP contribution in [0.3, 0.4) is 0 Å². The molecule has 0 aliphatic carbocycles. The lowest BCUT2D eigenvalue weighted by atomic mass is 9.83. The lowest BCUT2D eigenvalue weighted by Crippen LogP contribution is -2.24. The lowest BCUT2D eigenvalue weighted by molar-refractivity contribution is -0.385. The number of nitrogens with zero attached hydrogens (tertiary/aromatic N) is 7. The summed E-state index contributed by atoms with van der Waals surface area (Å²) in [6.45, 7) is 4.05. The summed E-state index contributed by atoms with van der Waals surface area (Å²) in [5, 5.41) is 19.4. The van der Waals surface area contributed by atoms with E-state index in [4.69, 9.17) is 14.5 Å². The van der Waals surface area contributed by atoms with Gasteiger partial charge >= 0.3 is 11.7 Å². The zero-order valence-electron chi connectivity index (χ0n) is 19.0. The Bertz CT molecular complexity index is 1460. The molecule has 0 spiro atoms. The van der Waals surface area contributed by atoms with Gasteiger partial charge in [-0.1, -0.05) is 30.3 Å². The number of benzene rings is 1. The van der Waals surface area contributed by atoms with Crippen LogP contribution in [0.1, 0.15) is 36.7 Å². The second-order valence-corrected chi connectivity index (χ2v) is 7.86. The largest absolute Gasteiger partial charge is 0.463 e. The number of ether oxygens (including phenoxy) is 2. The molecule has 0 amide bonds. The van der Waals surface area contributed by atoms with Crippen LogP contribution in [0.15, 0.2) is 60.4 Å². The molecule has 1 aliphatic heterocycles. The van der Waals surface area contributed by atoms with Gasteiger partial charge in [0.25, 0.3) is 0 Å². The second kappa shape index (κ2) is 8.97. The normalized spacial score (nSPS) is 15.1. The predicted molar refractivity (Wildman–Crippen MR) is 122 cm³/mol. The smallest absolute Gasteiger partial charge is 0.338 e. The van der Waals surface area contributed by atoms with Crippen LogP contribution in [0.4, 0.5) is 5.69 Å². The van der Waals surface area contributed by atoms with Crippen LogP contribution >= 0.6 is 0 Å². The van der Waals surface area contributed by atoms with E-state index in [2.05, 4.69) is 15.2 Å². The number of carbonyl (C=O) groups is 1. The first kappa shape index (κ1) is 22.2. The van der Waals surface area contributed by atoms with E-state index in [1.165, 1.54) is 23.4 Å². The molecule has 12 nitrogen and oxygen atoms in total. The van der Waals surface area contributed by atoms with Gasteiger partial charge in [0, 0.05) is 13.0 Å². The summed E-state index contributed by atoms with van der Waals surface area (Å²) >= 11 is 0. The highest BCUT2D eigenvalue weighted by molar-refractivity contribution is 5.93. The number of fused-ring (bicyclic) bond motifs is 3. The van der Waals surface area contributed by atoms with E-state index in [9.17, 15) is 14.9 Å². The molecule has 0 bridgehead atoms. The highest BCUT2D eigenvalue weighted by Crippen LogP contribution is 2.44. The fourth-order valence-electron chi connectivity index (χ4n) is 4.12. The molecule has 3 aromatic heterocycles. The average molecular weight is 475 g/mol. The topological polar surface area (TPSA) is 140 Å². The third kappa shape index (κ3) is 4.09. The highest BCUT2D eigenvalue weighted by Gasteiger charge is 2.38. The molecule has 0 saturated carbocycles. The highest BCUT2D eigenvalue weighted by atomic mass is 16.6. The van der Waals surface area contributed by atoms with E-state index >= 15 is 0 Å². The molecule has 1 aromatic carbocycles. The van der Waals surface area contributed by atoms with Crippen LogP contribution in [0.5, 0.6) is 5.88 Å². The van der Waals surface area contributed by atoms with Gasteiger partial charge in [0.05, 0.1) is 28.6 Å². The maximum absolute atomic E-state index is 13.0. The number of aromatic nitrogens is 6. The Morgan fingerprint density at radius 2 is 2.09 bits per heavy atom. The van der Waals surface area contributed by atoms with Gasteiger partial charge < -0.3 is 9.47 Å². The monoisotopic (exact) mass is 475 g/mol. The van der Waals surface area contributed by atoms with Crippen LogP contribution in [0.2, 0.25) is 0 Å². The molecule has 1 unspecified atom stereocenters. The van der Waals surface area contributed by atoms with Crippen molar-refractivity contribution in [3.63, 3.8) is 0 Å². The summed E-state index contributed by atoms with van der Waals surface area (Å²) in [6, 6.07) is 9.55. The molecule has 4 heterocycles. The van der Waals surface area contributed by atoms with Gasteiger partial charge in [-0.05, 0) is 19.4 Å². The number of nitro groups is 1. The average Bonchev–Trinajstić information content (AvgIpc) is 3.49. The number of rotatable bonds is 7. The Labute approximate surface area is 199 Å². The summed E-state index contributed by atoms with van der Waals surface area (Å²) in [5.41, 5.74) is 2.28. The summed E-state index contributed by atoms with van der Waals surface area (Å²) in [7, 11) is 0. The van der Waals surface area contributed by atoms with Crippen molar-refractivity contribution >= 4 is 17.3 Å². The summed E-state index contributed by atoms with van der Waals surface area (Å²) < 4.78 is 14.3. The number of hydrogen-bond acceptors (Lipinski definition) is 9. The minimum absolute atomic E-state index is 0.0808. The molecule has 0 radical (unpaired) electrons. The number of aryl methyl sites for hydroxylation is 2. The second-order valence-electron chi connectivity index (χ2n) is 7.86. The Morgan fingerprint density at radius 1 is 1.29 bits per heavy atom. The maximum atomic E-state index is 13.0. The van der Waals surface area contributed by atoms with E-state index in [0.717, 1.165) is 5.56 Å². The van der Waals surface area contributed by atoms with E-state index < -0.39 is 16.8 Å². The predicted octanol–water partition coefficient (Wildman–Crippen LogP) is 2.83. The van der Waals surface area contributed by atoms with Crippen molar-refractivity contribution in [1.82, 2.24) is 29.4 Å². The first-order valence-corrected chi connectivity index (χ1v) is 11.0. The summed E-state index contributed by atoms with van der Waals surface area (Å²) in [4.78, 5) is 32.5. The van der Waals surface area contributed by atoms with Crippen LogP contribution in [-0.4, -0.2) is 46.9 Å². The Morgan fingerprint density at radius 3 is 2.80 bits per heavy atom. The van der Waals surface area contributed by atoms with Crippen LogP contribution in [0, 0.1) is 10.1 Å². The molecule has 1 atom stereocenters. The minimum atomic E-state index is -0.513. The molecule has 1 aliphatic rings. The Hall–Kier alpha value is -4.61. The standard InChI is InChI=1S/C23H21N7O5/c1-3-34-23(31)18-14(2)35-22-20(19(18)15-7-5-4-6-8-15)21-26-17(27-29(21)13-24-22)9-10-28-12-16(11-25-28)30(32)33/h4-8,11-13,19H,3,9-10H2,1-2H3. The van der Waals surface area contributed by atoms with Crippen molar-refractivity contribution < 1.29 is 19.2 Å². The van der Waals surface area contributed by atoms with Crippen LogP contribution in [-0.2, 0) is 22.5 Å². The van der Waals surface area contributed by atoms with Gasteiger partial charge in [-0.15, -0.1) is 5.10 Å². The fraction of sp³-hybridized carbons (Fsp3) is 0.261. The zero-order chi connectivity index (χ0) is 24.5. The zero-order valence-corrected chi connectivity index (χ0v) is 19.0. The number of esters is 1. The molecular weight excluding hydrogens is 454 g/mol. The molecular formula is C23H21N7O5. The van der Waals surface area contributed by atoms with Crippen molar-refractivity contribution in [2.75, 3.05) is 6.61 Å². The first-order valence-electron chi connectivity index (χ1n) is 11.0. The van der Waals surface area contributed by atoms with E-state index in [1.807, 2.05) is 30.3 Å². The lowest BCUT2D eigenvalue weighted by Gasteiger charge is -2.28. The van der Waals surface area contributed by atoms with Gasteiger partial charge in [-0.25, -0.2) is 19.3 Å².